The van der Waals surface area contributed by atoms with Crippen LogP contribution in [0, 0.1) is 0 Å². The molecular formula is C12H13NO3. The molecule has 1 atom stereocenters. The molecular weight excluding hydrogens is 206 g/mol. The van der Waals surface area contributed by atoms with E-state index >= 15 is 0 Å². The van der Waals surface area contributed by atoms with Crippen LogP contribution in [0.5, 0.6) is 11.5 Å². The van der Waals surface area contributed by atoms with E-state index in [1.165, 1.54) is 7.11 Å². The van der Waals surface area contributed by atoms with Crippen LogP contribution in [0.3, 0.4) is 0 Å². The number of methoxy groups -OCH3 is 1. The van der Waals surface area contributed by atoms with Crippen LogP contribution < -0.4 is 15.2 Å². The van der Waals surface area contributed by atoms with E-state index in [4.69, 9.17) is 15.2 Å². The molecule has 4 nitrogen and oxygen atoms in total. The highest BCUT2D eigenvalue weighted by Crippen LogP contribution is 2.42. The fraction of sp³-hybridized carbons (Fsp3) is 0.250. The maximum absolute atomic E-state index is 11.2. The van der Waals surface area contributed by atoms with Crippen molar-refractivity contribution in [2.75, 3.05) is 13.7 Å². The normalized spacial score (nSPS) is 17.4. The van der Waals surface area contributed by atoms with E-state index in [1.54, 1.807) is 18.2 Å². The predicted octanol–water partition coefficient (Wildman–Crippen LogP) is 1.46. The van der Waals surface area contributed by atoms with Crippen molar-refractivity contribution >= 4 is 5.91 Å². The molecule has 2 rings (SSSR count). The van der Waals surface area contributed by atoms with Gasteiger partial charge < -0.3 is 15.2 Å². The van der Waals surface area contributed by atoms with E-state index < -0.39 is 5.91 Å². The summed E-state index contributed by atoms with van der Waals surface area (Å²) < 4.78 is 10.7. The lowest BCUT2D eigenvalue weighted by atomic mass is 9.98. The van der Waals surface area contributed by atoms with Crippen molar-refractivity contribution in [2.24, 2.45) is 5.73 Å². The summed E-state index contributed by atoms with van der Waals surface area (Å²) in [6, 6.07) is 3.33. The summed E-state index contributed by atoms with van der Waals surface area (Å²) in [7, 11) is 1.53. The molecule has 0 aromatic heterocycles. The van der Waals surface area contributed by atoms with E-state index in [2.05, 4.69) is 6.58 Å². The molecule has 0 saturated heterocycles. The van der Waals surface area contributed by atoms with Crippen LogP contribution in [0.2, 0.25) is 0 Å². The van der Waals surface area contributed by atoms with Gasteiger partial charge in [0.25, 0.3) is 0 Å². The SMILES string of the molecule is C=CC1COc2c(OC)cc(C(N)=O)cc21. The molecule has 1 aliphatic rings. The molecule has 0 fully saturated rings. The minimum atomic E-state index is -0.476. The highest BCUT2D eigenvalue weighted by atomic mass is 16.5. The van der Waals surface area contributed by atoms with Gasteiger partial charge in [-0.15, -0.1) is 6.58 Å². The van der Waals surface area contributed by atoms with Gasteiger partial charge in [-0.05, 0) is 12.1 Å². The van der Waals surface area contributed by atoms with Gasteiger partial charge in [0.05, 0.1) is 13.7 Å². The molecule has 1 aliphatic heterocycles. The van der Waals surface area contributed by atoms with Crippen LogP contribution in [-0.4, -0.2) is 19.6 Å². The Balaban J connectivity index is 2.58. The average molecular weight is 219 g/mol. The number of hydrogen-bond acceptors (Lipinski definition) is 3. The van der Waals surface area contributed by atoms with Gasteiger partial charge in [0.1, 0.15) is 0 Å². The number of hydrogen-bond donors (Lipinski definition) is 1. The third kappa shape index (κ3) is 1.52. The van der Waals surface area contributed by atoms with E-state index in [-0.39, 0.29) is 5.92 Å². The topological polar surface area (TPSA) is 61.6 Å². The Morgan fingerprint density at radius 2 is 2.44 bits per heavy atom. The first kappa shape index (κ1) is 10.5. The number of ether oxygens (including phenoxy) is 2. The summed E-state index contributed by atoms with van der Waals surface area (Å²) in [4.78, 5) is 11.2. The molecule has 2 N–H and O–H groups in total. The molecule has 0 radical (unpaired) electrons. The molecule has 1 aromatic rings. The quantitative estimate of drug-likeness (QED) is 0.783. The monoisotopic (exact) mass is 219 g/mol. The molecule has 16 heavy (non-hydrogen) atoms. The van der Waals surface area contributed by atoms with E-state index in [0.29, 0.717) is 23.7 Å². The highest BCUT2D eigenvalue weighted by molar-refractivity contribution is 5.94. The second kappa shape index (κ2) is 3.89. The minimum Gasteiger partial charge on any atom is -0.493 e. The predicted molar refractivity (Wildman–Crippen MR) is 59.9 cm³/mol. The van der Waals surface area contributed by atoms with Gasteiger partial charge in [0.2, 0.25) is 5.91 Å². The van der Waals surface area contributed by atoms with Crippen LogP contribution >= 0.6 is 0 Å². The van der Waals surface area contributed by atoms with Crippen molar-refractivity contribution in [2.45, 2.75) is 5.92 Å². The molecule has 0 aliphatic carbocycles. The lowest BCUT2D eigenvalue weighted by Gasteiger charge is -2.08. The van der Waals surface area contributed by atoms with E-state index in [1.807, 2.05) is 0 Å². The molecule has 4 heteroatoms. The number of benzene rings is 1. The molecule has 84 valence electrons. The maximum atomic E-state index is 11.2. The van der Waals surface area contributed by atoms with Crippen molar-refractivity contribution in [3.8, 4) is 11.5 Å². The smallest absolute Gasteiger partial charge is 0.248 e. The van der Waals surface area contributed by atoms with Crippen LogP contribution in [0.4, 0.5) is 0 Å². The van der Waals surface area contributed by atoms with Gasteiger partial charge in [-0.25, -0.2) is 0 Å². The van der Waals surface area contributed by atoms with Gasteiger partial charge in [-0.2, -0.15) is 0 Å². The molecule has 1 unspecified atom stereocenters. The summed E-state index contributed by atoms with van der Waals surface area (Å²) in [5.41, 5.74) is 6.59. The first-order chi connectivity index (χ1) is 7.67. The van der Waals surface area contributed by atoms with E-state index in [9.17, 15) is 4.79 Å². The zero-order valence-electron chi connectivity index (χ0n) is 9.03. The van der Waals surface area contributed by atoms with Crippen LogP contribution in [0.1, 0.15) is 21.8 Å². The zero-order chi connectivity index (χ0) is 11.7. The standard InChI is InChI=1S/C12H13NO3/c1-3-7-6-16-11-9(7)4-8(12(13)14)5-10(11)15-2/h3-5,7H,1,6H2,2H3,(H2,13,14). The summed E-state index contributed by atoms with van der Waals surface area (Å²) in [6.45, 7) is 4.26. The Hall–Kier alpha value is -1.97. The molecule has 0 bridgehead atoms. The summed E-state index contributed by atoms with van der Waals surface area (Å²) >= 11 is 0. The van der Waals surface area contributed by atoms with Gasteiger partial charge in [-0.1, -0.05) is 6.08 Å². The second-order valence-corrected chi connectivity index (χ2v) is 3.61. The van der Waals surface area contributed by atoms with Gasteiger partial charge in [-0.3, -0.25) is 4.79 Å². The Morgan fingerprint density at radius 1 is 1.69 bits per heavy atom. The number of nitrogens with two attached hydrogens (primary N) is 1. The molecule has 1 heterocycles. The fourth-order valence-corrected chi connectivity index (χ4v) is 1.81. The van der Waals surface area contributed by atoms with Crippen molar-refractivity contribution in [3.05, 3.63) is 35.9 Å². The first-order valence-electron chi connectivity index (χ1n) is 4.94. The Morgan fingerprint density at radius 3 is 3.00 bits per heavy atom. The highest BCUT2D eigenvalue weighted by Gasteiger charge is 2.26. The number of carbonyl (C=O) groups excluding carboxylic acids is 1. The lowest BCUT2D eigenvalue weighted by molar-refractivity contribution is 0.1000. The maximum Gasteiger partial charge on any atom is 0.248 e. The first-order valence-corrected chi connectivity index (χ1v) is 4.94. The summed E-state index contributed by atoms with van der Waals surface area (Å²) in [5, 5.41) is 0. The molecule has 1 aromatic carbocycles. The Bertz CT molecular complexity index is 454. The number of carbonyl (C=O) groups is 1. The lowest BCUT2D eigenvalue weighted by Crippen LogP contribution is -2.11. The molecule has 0 spiro atoms. The molecule has 1 amide bonds. The largest absolute Gasteiger partial charge is 0.493 e. The molecule has 0 saturated carbocycles. The second-order valence-electron chi connectivity index (χ2n) is 3.61. The third-order valence-corrected chi connectivity index (χ3v) is 2.68. The van der Waals surface area contributed by atoms with E-state index in [0.717, 1.165) is 5.56 Å². The minimum absolute atomic E-state index is 0.0863. The van der Waals surface area contributed by atoms with Crippen molar-refractivity contribution in [1.82, 2.24) is 0 Å². The van der Waals surface area contributed by atoms with Crippen LogP contribution in [0.25, 0.3) is 0 Å². The van der Waals surface area contributed by atoms with Gasteiger partial charge in [0.15, 0.2) is 11.5 Å². The van der Waals surface area contributed by atoms with Crippen LogP contribution in [-0.2, 0) is 0 Å². The summed E-state index contributed by atoms with van der Waals surface area (Å²) in [5.74, 6) is 0.826. The zero-order valence-corrected chi connectivity index (χ0v) is 9.03. The number of primary amides is 1. The van der Waals surface area contributed by atoms with Crippen LogP contribution in [0.15, 0.2) is 24.8 Å². The number of fused-ring (bicyclic) bond motifs is 1. The Kier molecular flexibility index (Phi) is 2.56. The Labute approximate surface area is 93.7 Å². The third-order valence-electron chi connectivity index (χ3n) is 2.68. The average Bonchev–Trinajstić information content (AvgIpc) is 2.70. The van der Waals surface area contributed by atoms with Gasteiger partial charge >= 0.3 is 0 Å². The van der Waals surface area contributed by atoms with Crippen molar-refractivity contribution in [3.63, 3.8) is 0 Å². The fourth-order valence-electron chi connectivity index (χ4n) is 1.81. The summed E-state index contributed by atoms with van der Waals surface area (Å²) in [6.07, 6.45) is 1.79. The van der Waals surface area contributed by atoms with Crippen molar-refractivity contribution < 1.29 is 14.3 Å². The number of amides is 1. The van der Waals surface area contributed by atoms with Crippen molar-refractivity contribution in [1.29, 1.82) is 0 Å². The number of rotatable bonds is 3. The van der Waals surface area contributed by atoms with Gasteiger partial charge in [0, 0.05) is 17.0 Å².